The highest BCUT2D eigenvalue weighted by molar-refractivity contribution is 14.0. The maximum absolute atomic E-state index is 11.6. The molecule has 1 aromatic rings. The van der Waals surface area contributed by atoms with E-state index in [-0.39, 0.29) is 30.1 Å². The average molecular weight is 517 g/mol. The van der Waals surface area contributed by atoms with E-state index in [1.807, 2.05) is 20.8 Å². The second-order valence-corrected chi connectivity index (χ2v) is 8.10. The van der Waals surface area contributed by atoms with E-state index in [1.54, 1.807) is 7.05 Å². The zero-order chi connectivity index (χ0) is 20.4. The first kappa shape index (κ1) is 25.3. The molecule has 1 aliphatic heterocycles. The third-order valence-corrected chi connectivity index (χ3v) is 4.50. The van der Waals surface area contributed by atoms with Crippen LogP contribution in [-0.4, -0.2) is 57.4 Å². The van der Waals surface area contributed by atoms with Crippen LogP contribution >= 0.6 is 24.0 Å². The molecule has 0 aromatic heterocycles. The number of hydrogen-bond acceptors (Lipinski definition) is 4. The summed E-state index contributed by atoms with van der Waals surface area (Å²) < 4.78 is 5.21. The van der Waals surface area contributed by atoms with Gasteiger partial charge in [0.2, 0.25) is 0 Å². The lowest BCUT2D eigenvalue weighted by Crippen LogP contribution is -2.41. The van der Waals surface area contributed by atoms with Crippen molar-refractivity contribution >= 4 is 41.7 Å². The number of aliphatic imine (C=N–C) groups is 1. The van der Waals surface area contributed by atoms with Gasteiger partial charge in [-0.05, 0) is 51.7 Å². The molecule has 0 saturated carbocycles. The van der Waals surface area contributed by atoms with Crippen molar-refractivity contribution in [2.45, 2.75) is 39.2 Å². The molecule has 0 radical (unpaired) electrons. The van der Waals surface area contributed by atoms with E-state index in [1.165, 1.54) is 12.1 Å². The second kappa shape index (κ2) is 12.8. The lowest BCUT2D eigenvalue weighted by Gasteiger charge is -2.20. The van der Waals surface area contributed by atoms with Gasteiger partial charge in [-0.3, -0.25) is 4.99 Å². The number of rotatable bonds is 7. The van der Waals surface area contributed by atoms with Crippen LogP contribution in [0.15, 0.2) is 35.3 Å². The smallest absolute Gasteiger partial charge is 0.407 e. The quantitative estimate of drug-likeness (QED) is 0.224. The van der Waals surface area contributed by atoms with Crippen molar-refractivity contribution in [3.63, 3.8) is 0 Å². The van der Waals surface area contributed by atoms with Crippen LogP contribution in [0.1, 0.15) is 33.6 Å². The lowest BCUT2D eigenvalue weighted by molar-refractivity contribution is 0.0527. The topological polar surface area (TPSA) is 78.0 Å². The Bertz CT molecular complexity index is 634. The number of anilines is 1. The highest BCUT2D eigenvalue weighted by Crippen LogP contribution is 2.22. The molecule has 0 aliphatic carbocycles. The molecule has 8 heteroatoms. The predicted molar refractivity (Wildman–Crippen MR) is 130 cm³/mol. The van der Waals surface area contributed by atoms with Gasteiger partial charge in [-0.15, -0.1) is 24.0 Å². The van der Waals surface area contributed by atoms with Gasteiger partial charge in [0.1, 0.15) is 5.60 Å². The summed E-state index contributed by atoms with van der Waals surface area (Å²) in [5.74, 6) is 1.41. The molecule has 29 heavy (non-hydrogen) atoms. The van der Waals surface area contributed by atoms with Crippen LogP contribution in [0, 0.1) is 5.92 Å². The highest BCUT2D eigenvalue weighted by Gasteiger charge is 2.22. The van der Waals surface area contributed by atoms with Crippen LogP contribution in [0.3, 0.4) is 0 Å². The number of amides is 1. The fourth-order valence-electron chi connectivity index (χ4n) is 3.13. The van der Waals surface area contributed by atoms with Gasteiger partial charge in [-0.25, -0.2) is 4.79 Å². The molecule has 1 heterocycles. The van der Waals surface area contributed by atoms with Crippen molar-refractivity contribution in [3.05, 3.63) is 30.3 Å². The molecule has 1 aromatic carbocycles. The van der Waals surface area contributed by atoms with Gasteiger partial charge < -0.3 is 25.6 Å². The summed E-state index contributed by atoms with van der Waals surface area (Å²) in [5, 5.41) is 9.47. The fraction of sp³-hybridized carbons (Fsp3) is 0.619. The Kier molecular flexibility index (Phi) is 11.2. The summed E-state index contributed by atoms with van der Waals surface area (Å²) in [6.45, 7) is 9.92. The summed E-state index contributed by atoms with van der Waals surface area (Å²) in [7, 11) is 1.78. The van der Waals surface area contributed by atoms with Gasteiger partial charge >= 0.3 is 6.09 Å². The van der Waals surface area contributed by atoms with Crippen molar-refractivity contribution in [3.8, 4) is 0 Å². The molecule has 2 rings (SSSR count). The summed E-state index contributed by atoms with van der Waals surface area (Å²) in [6, 6.07) is 10.6. The van der Waals surface area contributed by atoms with Gasteiger partial charge in [-0.1, -0.05) is 18.2 Å². The summed E-state index contributed by atoms with van der Waals surface area (Å²) >= 11 is 0. The molecular weight excluding hydrogens is 481 g/mol. The monoisotopic (exact) mass is 517 g/mol. The Labute approximate surface area is 192 Å². The van der Waals surface area contributed by atoms with Crippen molar-refractivity contribution < 1.29 is 9.53 Å². The first-order chi connectivity index (χ1) is 13.4. The molecule has 0 spiro atoms. The number of hydrogen-bond donors (Lipinski definition) is 3. The number of halogens is 1. The third-order valence-electron chi connectivity index (χ3n) is 4.50. The van der Waals surface area contributed by atoms with Gasteiger partial charge in [-0.2, -0.15) is 0 Å². The van der Waals surface area contributed by atoms with E-state index in [0.717, 1.165) is 38.6 Å². The number of ether oxygens (including phenoxy) is 1. The molecule has 1 saturated heterocycles. The largest absolute Gasteiger partial charge is 0.444 e. The molecule has 1 atom stereocenters. The van der Waals surface area contributed by atoms with Gasteiger partial charge in [0, 0.05) is 45.5 Å². The first-order valence-corrected chi connectivity index (χ1v) is 10.1. The second-order valence-electron chi connectivity index (χ2n) is 8.10. The molecule has 3 N–H and O–H groups in total. The number of nitrogens with one attached hydrogen (secondary N) is 3. The number of carbonyl (C=O) groups excluding carboxylic acids is 1. The van der Waals surface area contributed by atoms with Gasteiger partial charge in [0.15, 0.2) is 5.96 Å². The van der Waals surface area contributed by atoms with E-state index in [2.05, 4.69) is 56.2 Å². The fourth-order valence-corrected chi connectivity index (χ4v) is 3.13. The third kappa shape index (κ3) is 10.0. The first-order valence-electron chi connectivity index (χ1n) is 10.1. The minimum absolute atomic E-state index is 0. The highest BCUT2D eigenvalue weighted by atomic mass is 127. The lowest BCUT2D eigenvalue weighted by atomic mass is 10.1. The number of benzene rings is 1. The Morgan fingerprint density at radius 3 is 2.52 bits per heavy atom. The van der Waals surface area contributed by atoms with Crippen LogP contribution in [-0.2, 0) is 4.74 Å². The maximum atomic E-state index is 11.6. The number of para-hydroxylation sites is 1. The number of carbonyl (C=O) groups is 1. The molecule has 0 bridgehead atoms. The van der Waals surface area contributed by atoms with Crippen LogP contribution in [0.5, 0.6) is 0 Å². The van der Waals surface area contributed by atoms with Gasteiger partial charge in [0.05, 0.1) is 0 Å². The van der Waals surface area contributed by atoms with E-state index in [9.17, 15) is 4.79 Å². The molecule has 1 aliphatic rings. The summed E-state index contributed by atoms with van der Waals surface area (Å²) in [4.78, 5) is 18.3. The van der Waals surface area contributed by atoms with E-state index in [4.69, 9.17) is 4.74 Å². The minimum atomic E-state index is -0.468. The average Bonchev–Trinajstić information content (AvgIpc) is 3.12. The molecule has 1 unspecified atom stereocenters. The Morgan fingerprint density at radius 2 is 1.86 bits per heavy atom. The molecule has 7 nitrogen and oxygen atoms in total. The van der Waals surface area contributed by atoms with Crippen molar-refractivity contribution in [2.75, 3.05) is 44.7 Å². The van der Waals surface area contributed by atoms with E-state index in [0.29, 0.717) is 12.5 Å². The van der Waals surface area contributed by atoms with E-state index >= 15 is 0 Å². The molecule has 164 valence electrons. The summed E-state index contributed by atoms with van der Waals surface area (Å²) in [5.41, 5.74) is 0.829. The normalized spacial score (nSPS) is 16.8. The predicted octanol–water partition coefficient (Wildman–Crippen LogP) is 3.21. The Balaban J connectivity index is 0.00000420. The zero-order valence-electron chi connectivity index (χ0n) is 18.0. The minimum Gasteiger partial charge on any atom is -0.444 e. The number of nitrogens with zero attached hydrogens (tertiary/aromatic N) is 2. The maximum Gasteiger partial charge on any atom is 0.407 e. The SMILES string of the molecule is CN=C(NCCCNC(=O)OC(C)(C)C)NCC1CCN(c2ccccc2)C1.I. The van der Waals surface area contributed by atoms with E-state index < -0.39 is 5.60 Å². The van der Waals surface area contributed by atoms with Gasteiger partial charge in [0.25, 0.3) is 0 Å². The van der Waals surface area contributed by atoms with Crippen LogP contribution in [0.4, 0.5) is 10.5 Å². The Hall–Kier alpha value is -1.71. The van der Waals surface area contributed by atoms with Crippen LogP contribution in [0.25, 0.3) is 0 Å². The Morgan fingerprint density at radius 1 is 1.17 bits per heavy atom. The van der Waals surface area contributed by atoms with Crippen LogP contribution in [0.2, 0.25) is 0 Å². The van der Waals surface area contributed by atoms with Crippen molar-refractivity contribution in [1.29, 1.82) is 0 Å². The van der Waals surface area contributed by atoms with Crippen molar-refractivity contribution in [1.82, 2.24) is 16.0 Å². The standard InChI is InChI=1S/C21H35N5O2.HI/c1-21(2,3)28-20(27)24-13-8-12-23-19(22-4)25-15-17-11-14-26(16-17)18-9-6-5-7-10-18;/h5-7,9-10,17H,8,11-16H2,1-4H3,(H,24,27)(H2,22,23,25);1H. The number of alkyl carbamates (subject to hydrolysis) is 1. The van der Waals surface area contributed by atoms with Crippen molar-refractivity contribution in [2.24, 2.45) is 10.9 Å². The molecule has 1 fully saturated rings. The van der Waals surface area contributed by atoms with Crippen LogP contribution < -0.4 is 20.9 Å². The summed E-state index contributed by atoms with van der Waals surface area (Å²) in [6.07, 6.45) is 1.60. The molecule has 1 amide bonds. The molecular formula is C21H36IN5O2. The zero-order valence-corrected chi connectivity index (χ0v) is 20.4. The number of guanidine groups is 1.